The summed E-state index contributed by atoms with van der Waals surface area (Å²) in [5.74, 6) is 0.653. The maximum atomic E-state index is 12.0. The van der Waals surface area contributed by atoms with Gasteiger partial charge in [-0.1, -0.05) is 0 Å². The second-order valence-corrected chi connectivity index (χ2v) is 5.67. The molecule has 3 heterocycles. The zero-order valence-corrected chi connectivity index (χ0v) is 14.4. The van der Waals surface area contributed by atoms with Gasteiger partial charge in [0.1, 0.15) is 0 Å². The Labute approximate surface area is 148 Å². The van der Waals surface area contributed by atoms with Crippen LogP contribution >= 0.6 is 24.8 Å². The van der Waals surface area contributed by atoms with Crippen LogP contribution in [0, 0.1) is 5.92 Å². The topological polar surface area (TPSA) is 90.4 Å². The quantitative estimate of drug-likeness (QED) is 0.709. The summed E-state index contributed by atoms with van der Waals surface area (Å²) in [6.07, 6.45) is 1.97. The van der Waals surface area contributed by atoms with Crippen molar-refractivity contribution in [3.05, 3.63) is 17.8 Å². The number of carbonyl (C=O) groups is 1. The molecule has 2 fully saturated rings. The largest absolute Gasteiger partial charge is 0.391 e. The lowest BCUT2D eigenvalue weighted by molar-refractivity contribution is 0.0921. The van der Waals surface area contributed by atoms with Gasteiger partial charge in [-0.05, 0) is 25.0 Å². The Morgan fingerprint density at radius 3 is 2.57 bits per heavy atom. The third kappa shape index (κ3) is 4.91. The van der Waals surface area contributed by atoms with Crippen molar-refractivity contribution in [2.45, 2.75) is 18.9 Å². The van der Waals surface area contributed by atoms with Gasteiger partial charge in [0.25, 0.3) is 5.91 Å². The fraction of sp³-hybridized carbons (Fsp3) is 0.643. The predicted molar refractivity (Wildman–Crippen MR) is 92.7 cm³/mol. The van der Waals surface area contributed by atoms with Crippen molar-refractivity contribution in [2.75, 3.05) is 37.6 Å². The Hall–Kier alpha value is -1.15. The number of aliphatic hydroxyl groups is 1. The minimum atomic E-state index is -0.395. The Morgan fingerprint density at radius 2 is 2.00 bits per heavy atom. The van der Waals surface area contributed by atoms with Gasteiger partial charge < -0.3 is 20.6 Å². The van der Waals surface area contributed by atoms with E-state index >= 15 is 0 Å². The van der Waals surface area contributed by atoms with Crippen molar-refractivity contribution >= 4 is 36.5 Å². The van der Waals surface area contributed by atoms with Crippen LogP contribution < -0.4 is 15.5 Å². The smallest absolute Gasteiger partial charge is 0.271 e. The van der Waals surface area contributed by atoms with Gasteiger partial charge in [-0.15, -0.1) is 35.0 Å². The van der Waals surface area contributed by atoms with E-state index in [1.54, 1.807) is 6.07 Å². The molecule has 2 unspecified atom stereocenters. The molecular weight excluding hydrogens is 341 g/mol. The third-order valence-corrected chi connectivity index (χ3v) is 4.14. The summed E-state index contributed by atoms with van der Waals surface area (Å²) in [5, 5.41) is 23.7. The summed E-state index contributed by atoms with van der Waals surface area (Å²) in [6.45, 7) is 3.77. The van der Waals surface area contributed by atoms with E-state index in [2.05, 4.69) is 25.7 Å². The molecule has 0 bridgehead atoms. The van der Waals surface area contributed by atoms with Crippen LogP contribution in [0.25, 0.3) is 0 Å². The molecule has 0 saturated carbocycles. The predicted octanol–water partition coefficient (Wildman–Crippen LogP) is 0.230. The minimum Gasteiger partial charge on any atom is -0.391 e. The molecule has 23 heavy (non-hydrogen) atoms. The summed E-state index contributed by atoms with van der Waals surface area (Å²) in [4.78, 5) is 14.2. The average Bonchev–Trinajstić information content (AvgIpc) is 3.17. The normalized spacial score (nSPS) is 23.1. The Kier molecular flexibility index (Phi) is 7.98. The molecule has 0 radical (unpaired) electrons. The molecule has 3 N–H and O–H groups in total. The van der Waals surface area contributed by atoms with Crippen molar-refractivity contribution in [1.29, 1.82) is 0 Å². The first kappa shape index (κ1) is 19.9. The lowest BCUT2D eigenvalue weighted by atomic mass is 10.1. The van der Waals surface area contributed by atoms with Gasteiger partial charge in [-0.3, -0.25) is 4.79 Å². The molecule has 0 aliphatic carbocycles. The van der Waals surface area contributed by atoms with Crippen LogP contribution in [0.4, 0.5) is 5.82 Å². The molecule has 1 aromatic rings. The number of rotatable bonds is 4. The van der Waals surface area contributed by atoms with E-state index in [-0.39, 0.29) is 36.6 Å². The van der Waals surface area contributed by atoms with Gasteiger partial charge in [0.2, 0.25) is 0 Å². The zero-order chi connectivity index (χ0) is 14.7. The number of halogens is 2. The van der Waals surface area contributed by atoms with Crippen molar-refractivity contribution < 1.29 is 9.90 Å². The highest BCUT2D eigenvalue weighted by molar-refractivity contribution is 5.92. The average molecular weight is 364 g/mol. The second kappa shape index (κ2) is 9.22. The van der Waals surface area contributed by atoms with E-state index in [4.69, 9.17) is 0 Å². The summed E-state index contributed by atoms with van der Waals surface area (Å²) in [6, 6.07) is 3.55. The van der Waals surface area contributed by atoms with Crippen LogP contribution in [-0.2, 0) is 0 Å². The summed E-state index contributed by atoms with van der Waals surface area (Å²) >= 11 is 0. The lowest BCUT2D eigenvalue weighted by Gasteiger charge is -2.16. The molecule has 130 valence electrons. The monoisotopic (exact) mass is 363 g/mol. The number of aromatic nitrogens is 2. The highest BCUT2D eigenvalue weighted by Gasteiger charge is 2.25. The van der Waals surface area contributed by atoms with Crippen LogP contribution in [0.2, 0.25) is 0 Å². The SMILES string of the molecule is Cl.Cl.O=C(NCC1CNCC1O)c1ccc(N2CCCC2)nn1. The minimum absolute atomic E-state index is 0. The van der Waals surface area contributed by atoms with Crippen molar-refractivity contribution in [3.8, 4) is 0 Å². The fourth-order valence-corrected chi connectivity index (χ4v) is 2.80. The molecule has 2 aliphatic rings. The number of amides is 1. The van der Waals surface area contributed by atoms with Crippen molar-refractivity contribution in [3.63, 3.8) is 0 Å². The Balaban J connectivity index is 0.00000132. The van der Waals surface area contributed by atoms with E-state index < -0.39 is 6.10 Å². The first-order chi connectivity index (χ1) is 10.2. The van der Waals surface area contributed by atoms with Crippen LogP contribution in [0.15, 0.2) is 12.1 Å². The number of hydrogen-bond donors (Lipinski definition) is 3. The molecule has 9 heteroatoms. The Bertz CT molecular complexity index is 496. The van der Waals surface area contributed by atoms with Crippen LogP contribution in [0.1, 0.15) is 23.3 Å². The maximum absolute atomic E-state index is 12.0. The standard InChI is InChI=1S/C14H21N5O2.2ClH/c20-12-9-15-7-10(12)8-16-14(21)11-3-4-13(18-17-11)19-5-1-2-6-19;;/h3-4,10,12,15,20H,1-2,5-9H2,(H,16,21);2*1H. The van der Waals surface area contributed by atoms with Gasteiger partial charge in [0.15, 0.2) is 11.5 Å². The highest BCUT2D eigenvalue weighted by atomic mass is 35.5. The number of aliphatic hydroxyl groups excluding tert-OH is 1. The summed E-state index contributed by atoms with van der Waals surface area (Å²) in [5.41, 5.74) is 0.318. The van der Waals surface area contributed by atoms with Gasteiger partial charge >= 0.3 is 0 Å². The number of nitrogens with zero attached hydrogens (tertiary/aromatic N) is 3. The maximum Gasteiger partial charge on any atom is 0.271 e. The number of nitrogens with one attached hydrogen (secondary N) is 2. The molecule has 2 aliphatic heterocycles. The molecule has 0 aromatic carbocycles. The Morgan fingerprint density at radius 1 is 1.26 bits per heavy atom. The summed E-state index contributed by atoms with van der Waals surface area (Å²) in [7, 11) is 0. The molecule has 1 aromatic heterocycles. The van der Waals surface area contributed by atoms with Crippen LogP contribution in [0.3, 0.4) is 0 Å². The van der Waals surface area contributed by atoms with Gasteiger partial charge in [-0.25, -0.2) is 0 Å². The molecular formula is C14H23Cl2N5O2. The number of β-amino-alcohol motifs (C(OH)–C–C–N with tert-alkyl or cyclic N) is 1. The molecule has 3 rings (SSSR count). The second-order valence-electron chi connectivity index (χ2n) is 5.67. The van der Waals surface area contributed by atoms with Gasteiger partial charge in [0.05, 0.1) is 6.10 Å². The van der Waals surface area contributed by atoms with E-state index in [0.717, 1.165) is 25.5 Å². The highest BCUT2D eigenvalue weighted by Crippen LogP contribution is 2.16. The van der Waals surface area contributed by atoms with E-state index in [1.165, 1.54) is 12.8 Å². The van der Waals surface area contributed by atoms with Gasteiger partial charge in [0, 0.05) is 38.6 Å². The lowest BCUT2D eigenvalue weighted by Crippen LogP contribution is -2.34. The molecule has 7 nitrogen and oxygen atoms in total. The molecule has 2 saturated heterocycles. The van der Waals surface area contributed by atoms with Crippen molar-refractivity contribution in [2.24, 2.45) is 5.92 Å². The van der Waals surface area contributed by atoms with Crippen LogP contribution in [0.5, 0.6) is 0 Å². The fourth-order valence-electron chi connectivity index (χ4n) is 2.80. The van der Waals surface area contributed by atoms with Crippen molar-refractivity contribution in [1.82, 2.24) is 20.8 Å². The van der Waals surface area contributed by atoms with E-state index in [1.807, 2.05) is 6.07 Å². The van der Waals surface area contributed by atoms with E-state index in [0.29, 0.717) is 18.8 Å². The molecule has 2 atom stereocenters. The third-order valence-electron chi connectivity index (χ3n) is 4.14. The van der Waals surface area contributed by atoms with Gasteiger partial charge in [-0.2, -0.15) is 0 Å². The first-order valence-electron chi connectivity index (χ1n) is 7.50. The van der Waals surface area contributed by atoms with E-state index in [9.17, 15) is 9.90 Å². The van der Waals surface area contributed by atoms with Crippen LogP contribution in [-0.4, -0.2) is 60.0 Å². The number of carbonyl (C=O) groups excluding carboxylic acids is 1. The molecule has 0 spiro atoms. The molecule has 1 amide bonds. The number of anilines is 1. The summed E-state index contributed by atoms with van der Waals surface area (Å²) < 4.78 is 0. The number of hydrogen-bond acceptors (Lipinski definition) is 6. The first-order valence-corrected chi connectivity index (χ1v) is 7.50. The zero-order valence-electron chi connectivity index (χ0n) is 12.8.